The van der Waals surface area contributed by atoms with Crippen LogP contribution < -0.4 is 97.9 Å². The number of aliphatic hydroxyl groups is 1. The molecule has 1 aromatic heterocycles. The van der Waals surface area contributed by atoms with E-state index in [1.165, 1.54) is 11.8 Å². The highest BCUT2D eigenvalue weighted by Gasteiger charge is 2.40. The Balaban J connectivity index is 1.82. The summed E-state index contributed by atoms with van der Waals surface area (Å²) in [5.41, 5.74) is 33.8. The van der Waals surface area contributed by atoms with Crippen LogP contribution in [0.3, 0.4) is 0 Å². The molecule has 690 valence electrons. The molecule has 15 atom stereocenters. The van der Waals surface area contributed by atoms with E-state index in [1.807, 2.05) is 76.3 Å². The molecule has 3 aromatic rings. The quantitative estimate of drug-likeness (QED) is 0.0251. The number of aliphatic carboxylic acids is 2. The molecule has 0 bridgehead atoms. The van der Waals surface area contributed by atoms with Gasteiger partial charge in [-0.2, -0.15) is 17.2 Å². The molecule has 26 N–H and O–H groups in total. The molecule has 2 aromatic carbocycles. The van der Waals surface area contributed by atoms with Crippen molar-refractivity contribution in [1.29, 1.82) is 0 Å². The van der Waals surface area contributed by atoms with Gasteiger partial charge in [0.1, 0.15) is 89.7 Å². The Bertz CT molecular complexity index is 4020. The van der Waals surface area contributed by atoms with Crippen LogP contribution in [0.4, 0.5) is 0 Å². The Morgan fingerprint density at radius 3 is 1.28 bits per heavy atom. The van der Waals surface area contributed by atoms with Gasteiger partial charge in [0.2, 0.25) is 82.7 Å². The number of benzene rings is 2. The second-order valence-electron chi connectivity index (χ2n) is 32.6. The van der Waals surface area contributed by atoms with Crippen molar-refractivity contribution in [3.63, 3.8) is 0 Å². The van der Waals surface area contributed by atoms with Gasteiger partial charge in [0.05, 0.1) is 26.1 Å². The Labute approximate surface area is 723 Å². The summed E-state index contributed by atoms with van der Waals surface area (Å²) in [4.78, 5) is 222. The number of hydroxylamine groups is 1. The number of hydrogen-bond donors (Lipinski definition) is 21. The number of fused-ring (bicyclic) bond motifs is 3. The van der Waals surface area contributed by atoms with Crippen molar-refractivity contribution < 1.29 is 101 Å². The van der Waals surface area contributed by atoms with Crippen molar-refractivity contribution in [2.75, 3.05) is 44.9 Å². The summed E-state index contributed by atoms with van der Waals surface area (Å²) in [6, 6.07) is -6.18. The van der Waals surface area contributed by atoms with Gasteiger partial charge >= 0.3 is 11.9 Å². The number of thioether (sulfide) groups is 1. The zero-order chi connectivity index (χ0) is 92.5. The van der Waals surface area contributed by atoms with E-state index >= 15 is 0 Å². The lowest BCUT2D eigenvalue weighted by Gasteiger charge is -2.31. The van der Waals surface area contributed by atoms with E-state index in [0.717, 1.165) is 21.9 Å². The fraction of sp³-hybridized carbons (Fsp3) is 0.663. The third kappa shape index (κ3) is 36.7. The molecule has 1 heterocycles. The molecule has 39 nitrogen and oxygen atoms in total. The molecule has 0 saturated heterocycles. The predicted octanol–water partition coefficient (Wildman–Crippen LogP) is -0.463. The second kappa shape index (κ2) is 55.2. The number of rotatable bonds is 61. The maximum absolute atomic E-state index is 14.6. The number of unbranched alkanes of at least 4 members (excludes halogenated alkanes) is 2. The minimum Gasteiger partial charge on any atom is -0.481 e. The summed E-state index contributed by atoms with van der Waals surface area (Å²) in [7, 11) is 0. The minimum absolute atomic E-state index is 0.00484. The van der Waals surface area contributed by atoms with Crippen LogP contribution >= 0.6 is 11.8 Å². The zero-order valence-corrected chi connectivity index (χ0v) is 74.0. The number of para-hydroxylation sites is 2. The van der Waals surface area contributed by atoms with Crippen LogP contribution in [0.25, 0.3) is 21.9 Å². The molecule has 3 rings (SSSR count). The molecular formula is C83H136N18O21S. The summed E-state index contributed by atoms with van der Waals surface area (Å²) in [5.74, 6) is -16.7. The maximum atomic E-state index is 14.6. The van der Waals surface area contributed by atoms with Crippen LogP contribution in [-0.2, 0) is 94.4 Å². The minimum atomic E-state index is -1.94. The molecular weight excluding hydrogens is 1620 g/mol. The standard InChI is InChI=1S/C83H136N18O21S/c1-14-47(11)67(81(117)99-66(46(9)10)80(116)92-55(27-17-19-34-85)74(110)95-59(39-44(5)6)77(113)96-60(40-63(88)104)78(114)97-61(83(119)120)41-64(105)106)100-82(118)68(48(12)15-2)101-121-36-31-50-23-21-25-52-51-24-20-22-49(69(51)122-70(50)52)30-35-89-72(108)58(38-43(3)4)94-73(109)54(26-16-18-33-84)90-76(112)57(32-37-123-13)91-75(111)56(28-29-62(87)103)93-79(115)65(45(7)8)98-71(107)53(86)42-102/h20-25,43-48,53-61,65-68,101-102H,14-19,26-42,84-86H2,1-13H3,(H2,87,103)(H2,88,104)(H,89,108)(H,90,112)(H,91,111)(H,92,116)(H,93,115)(H,94,109)(H,95,110)(H,96,113)(H,97,114)(H,98,107)(H,99,117)(H,100,118)(H,105,106)(H,119,120)/t47-,48-,53-,54-,55-,56-,57-,58-,59-,60-,61-,65-,66-,67-,68-/m0/s1. The van der Waals surface area contributed by atoms with Crippen LogP contribution in [0, 0.1) is 35.5 Å². The van der Waals surface area contributed by atoms with Crippen LogP contribution in [-0.4, -0.2) is 233 Å². The predicted molar refractivity (Wildman–Crippen MR) is 462 cm³/mol. The lowest BCUT2D eigenvalue weighted by Crippen LogP contribution is -2.61. The van der Waals surface area contributed by atoms with Crippen molar-refractivity contribution >= 4 is 128 Å². The smallest absolute Gasteiger partial charge is 0.326 e. The van der Waals surface area contributed by atoms with Gasteiger partial charge in [-0.05, 0) is 142 Å². The third-order valence-electron chi connectivity index (χ3n) is 20.8. The average molecular weight is 1750 g/mol. The monoisotopic (exact) mass is 1750 g/mol. The first-order valence-corrected chi connectivity index (χ1v) is 43.7. The number of hydrogen-bond acceptors (Lipinski definition) is 24. The van der Waals surface area contributed by atoms with Crippen molar-refractivity contribution in [3.8, 4) is 0 Å². The first-order chi connectivity index (χ1) is 58.1. The molecule has 0 aliphatic heterocycles. The van der Waals surface area contributed by atoms with Gasteiger partial charge < -0.3 is 117 Å². The molecule has 14 amide bonds. The molecule has 0 aliphatic carbocycles. The van der Waals surface area contributed by atoms with Crippen molar-refractivity contribution in [1.82, 2.24) is 69.3 Å². The van der Waals surface area contributed by atoms with Gasteiger partial charge in [0.25, 0.3) is 0 Å². The number of primary amides is 2. The molecule has 0 radical (unpaired) electrons. The van der Waals surface area contributed by atoms with Gasteiger partial charge in [0, 0.05) is 30.2 Å². The fourth-order valence-electron chi connectivity index (χ4n) is 13.3. The summed E-state index contributed by atoms with van der Waals surface area (Å²) in [6.07, 6.45) is 2.73. The normalized spacial score (nSPS) is 15.2. The molecule has 0 saturated carbocycles. The Morgan fingerprint density at radius 1 is 0.447 bits per heavy atom. The number of carbonyl (C=O) groups is 16. The first kappa shape index (κ1) is 107. The highest BCUT2D eigenvalue weighted by Crippen LogP contribution is 2.34. The van der Waals surface area contributed by atoms with Gasteiger partial charge in [-0.1, -0.05) is 132 Å². The van der Waals surface area contributed by atoms with E-state index < -0.39 is 210 Å². The van der Waals surface area contributed by atoms with Gasteiger partial charge in [-0.15, -0.1) is 0 Å². The number of furan rings is 1. The van der Waals surface area contributed by atoms with Crippen LogP contribution in [0.1, 0.15) is 191 Å². The number of nitrogens with two attached hydrogens (primary N) is 5. The van der Waals surface area contributed by atoms with E-state index in [1.54, 1.807) is 54.7 Å². The first-order valence-electron chi connectivity index (χ1n) is 42.3. The van der Waals surface area contributed by atoms with Gasteiger partial charge in [-0.25, -0.2) is 4.79 Å². The highest BCUT2D eigenvalue weighted by atomic mass is 32.2. The largest absolute Gasteiger partial charge is 0.481 e. The Kier molecular flexibility index (Phi) is 48.0. The molecule has 0 fully saturated rings. The average Bonchev–Trinajstić information content (AvgIpc) is 1.62. The number of carbonyl (C=O) groups excluding carboxylic acids is 14. The number of carboxylic acid groups (broad SMARTS) is 2. The molecule has 40 heteroatoms. The molecule has 0 unspecified atom stereocenters. The van der Waals surface area contributed by atoms with Crippen LogP contribution in [0.2, 0.25) is 0 Å². The van der Waals surface area contributed by atoms with Crippen molar-refractivity contribution in [2.24, 2.45) is 64.2 Å². The molecule has 0 aliphatic rings. The summed E-state index contributed by atoms with van der Waals surface area (Å²) in [6.45, 7) is 21.1. The third-order valence-corrected chi connectivity index (χ3v) is 21.5. The number of amides is 14. The van der Waals surface area contributed by atoms with E-state index in [9.17, 15) is 92.0 Å². The second-order valence-corrected chi connectivity index (χ2v) is 33.6. The fourth-order valence-corrected chi connectivity index (χ4v) is 13.8. The van der Waals surface area contributed by atoms with E-state index in [-0.39, 0.29) is 88.9 Å². The number of aliphatic hydroxyl groups excluding tert-OH is 1. The highest BCUT2D eigenvalue weighted by molar-refractivity contribution is 7.98. The number of nitrogens with one attached hydrogen (secondary N) is 13. The summed E-state index contributed by atoms with van der Waals surface area (Å²) >= 11 is 1.37. The van der Waals surface area contributed by atoms with Crippen molar-refractivity contribution in [2.45, 2.75) is 271 Å². The topological polar surface area (TPSA) is 643 Å². The van der Waals surface area contributed by atoms with Gasteiger partial charge in [-0.3, -0.25) is 71.9 Å². The van der Waals surface area contributed by atoms with Crippen LogP contribution in [0.5, 0.6) is 0 Å². The lowest BCUT2D eigenvalue weighted by molar-refractivity contribution is -0.147. The molecule has 0 spiro atoms. The van der Waals surface area contributed by atoms with E-state index in [2.05, 4.69) is 64.0 Å². The zero-order valence-electron chi connectivity index (χ0n) is 73.2. The van der Waals surface area contributed by atoms with Crippen molar-refractivity contribution in [3.05, 3.63) is 47.5 Å². The lowest BCUT2D eigenvalue weighted by atomic mass is 9.94. The summed E-state index contributed by atoms with van der Waals surface area (Å²) in [5, 5.41) is 61.4. The molecule has 123 heavy (non-hydrogen) atoms. The number of carboxylic acids is 2. The Hall–Kier alpha value is -10.1. The van der Waals surface area contributed by atoms with Crippen LogP contribution in [0.15, 0.2) is 40.8 Å². The van der Waals surface area contributed by atoms with Gasteiger partial charge in [0.15, 0.2) is 0 Å². The Morgan fingerprint density at radius 2 is 0.846 bits per heavy atom. The van der Waals surface area contributed by atoms with E-state index in [0.29, 0.717) is 68.3 Å². The SMILES string of the molecule is CC[C@H](C)[C@H](NOCCc1cccc2c1oc1c(CCNC(=O)[C@H](CC(C)C)NC(=O)[C@H](CCCCN)NC(=O)[C@H](CCSC)NC(=O)[C@H](CCC(N)=O)NC(=O)[C@@H](NC(=O)[C@@H](N)CO)C(C)C)cccc12)C(=O)N[C@H](C(=O)N[C@H](C(=O)N[C@@H](CCCCN)C(=O)N[C@@H](CC(C)C)C(=O)N[C@@H](CC(N)=O)C(=O)N[C@@H](CC(=O)O)C(=O)O)C(C)C)[C@@H](C)CC. The summed E-state index contributed by atoms with van der Waals surface area (Å²) < 4.78 is 6.65. The maximum Gasteiger partial charge on any atom is 0.326 e. The van der Waals surface area contributed by atoms with E-state index in [4.69, 9.17) is 37.9 Å².